The number of benzene rings is 1. The minimum Gasteiger partial charge on any atom is -0.496 e. The highest BCUT2D eigenvalue weighted by Gasteiger charge is 2.12. The molecule has 15 heavy (non-hydrogen) atoms. The van der Waals surface area contributed by atoms with Gasteiger partial charge in [0.05, 0.1) is 13.2 Å². The summed E-state index contributed by atoms with van der Waals surface area (Å²) in [6.45, 7) is 2.00. The number of halogens is 1. The zero-order valence-corrected chi connectivity index (χ0v) is 9.92. The molecule has 0 aliphatic rings. The smallest absolute Gasteiger partial charge is 0.124 e. The highest BCUT2D eigenvalue weighted by atomic mass is 35.5. The monoisotopic (exact) mass is 228 g/mol. The van der Waals surface area contributed by atoms with Crippen molar-refractivity contribution >= 4 is 11.6 Å². The van der Waals surface area contributed by atoms with Crippen molar-refractivity contribution in [3.63, 3.8) is 0 Å². The number of aliphatic hydroxyl groups excluding tert-OH is 1. The van der Waals surface area contributed by atoms with E-state index in [0.717, 1.165) is 23.3 Å². The molecule has 1 rings (SSSR count). The summed E-state index contributed by atoms with van der Waals surface area (Å²) in [6, 6.07) is 5.81. The second-order valence-corrected chi connectivity index (χ2v) is 3.97. The molecule has 2 nitrogen and oxygen atoms in total. The van der Waals surface area contributed by atoms with Gasteiger partial charge in [-0.2, -0.15) is 0 Å². The lowest BCUT2D eigenvalue weighted by molar-refractivity contribution is 0.162. The second-order valence-electron chi connectivity index (χ2n) is 3.59. The van der Waals surface area contributed by atoms with Gasteiger partial charge in [-0.05, 0) is 31.9 Å². The SMILES string of the molecule is COc1ccc(C)cc1C(O)CCCCl. The second kappa shape index (κ2) is 5.99. The molecule has 0 fully saturated rings. The summed E-state index contributed by atoms with van der Waals surface area (Å²) in [5, 5.41) is 9.95. The normalized spacial score (nSPS) is 12.5. The Balaban J connectivity index is 2.85. The maximum absolute atomic E-state index is 9.95. The van der Waals surface area contributed by atoms with Crippen molar-refractivity contribution in [2.75, 3.05) is 13.0 Å². The average molecular weight is 229 g/mol. The van der Waals surface area contributed by atoms with Crippen molar-refractivity contribution < 1.29 is 9.84 Å². The molecule has 0 spiro atoms. The summed E-state index contributed by atoms with van der Waals surface area (Å²) >= 11 is 5.60. The summed E-state index contributed by atoms with van der Waals surface area (Å²) in [4.78, 5) is 0. The first-order chi connectivity index (χ1) is 7.19. The Labute approximate surface area is 95.8 Å². The van der Waals surface area contributed by atoms with E-state index in [1.807, 2.05) is 25.1 Å². The molecule has 84 valence electrons. The molecular weight excluding hydrogens is 212 g/mol. The maximum atomic E-state index is 9.95. The molecule has 3 heteroatoms. The van der Waals surface area contributed by atoms with Crippen LogP contribution in [0.5, 0.6) is 5.75 Å². The first-order valence-corrected chi connectivity index (χ1v) is 5.61. The van der Waals surface area contributed by atoms with Gasteiger partial charge in [-0.25, -0.2) is 0 Å². The molecule has 0 aromatic heterocycles. The third kappa shape index (κ3) is 3.40. The zero-order valence-electron chi connectivity index (χ0n) is 9.16. The topological polar surface area (TPSA) is 29.5 Å². The van der Waals surface area contributed by atoms with Crippen LogP contribution in [0, 0.1) is 6.92 Å². The molecule has 1 aromatic carbocycles. The van der Waals surface area contributed by atoms with Gasteiger partial charge >= 0.3 is 0 Å². The minimum absolute atomic E-state index is 0.487. The van der Waals surface area contributed by atoms with Gasteiger partial charge in [-0.1, -0.05) is 11.6 Å². The highest BCUT2D eigenvalue weighted by Crippen LogP contribution is 2.28. The number of alkyl halides is 1. The number of methoxy groups -OCH3 is 1. The van der Waals surface area contributed by atoms with Gasteiger partial charge in [0, 0.05) is 11.4 Å². The quantitative estimate of drug-likeness (QED) is 0.785. The first-order valence-electron chi connectivity index (χ1n) is 5.07. The number of ether oxygens (including phenoxy) is 1. The van der Waals surface area contributed by atoms with E-state index in [1.165, 1.54) is 0 Å². The fraction of sp³-hybridized carbons (Fsp3) is 0.500. The third-order valence-electron chi connectivity index (χ3n) is 2.36. The summed E-state index contributed by atoms with van der Waals surface area (Å²) in [5.41, 5.74) is 1.97. The molecule has 1 N–H and O–H groups in total. The van der Waals surface area contributed by atoms with E-state index >= 15 is 0 Å². The van der Waals surface area contributed by atoms with Crippen molar-refractivity contribution in [2.24, 2.45) is 0 Å². The van der Waals surface area contributed by atoms with Crippen LogP contribution in [0.4, 0.5) is 0 Å². The van der Waals surface area contributed by atoms with Gasteiger partial charge in [-0.15, -0.1) is 11.6 Å². The number of aryl methyl sites for hydroxylation is 1. The van der Waals surface area contributed by atoms with Crippen LogP contribution < -0.4 is 4.74 Å². The Bertz CT molecular complexity index is 312. The van der Waals surface area contributed by atoms with Crippen molar-refractivity contribution in [3.05, 3.63) is 29.3 Å². The lowest BCUT2D eigenvalue weighted by Gasteiger charge is -2.14. The van der Waals surface area contributed by atoms with Gasteiger partial charge in [0.1, 0.15) is 5.75 Å². The molecule has 1 atom stereocenters. The predicted octanol–water partition coefficient (Wildman–Crippen LogP) is 3.06. The van der Waals surface area contributed by atoms with Crippen LogP contribution in [-0.2, 0) is 0 Å². The van der Waals surface area contributed by atoms with Crippen LogP contribution in [0.2, 0.25) is 0 Å². The predicted molar refractivity (Wildman–Crippen MR) is 62.6 cm³/mol. The molecule has 0 saturated heterocycles. The molecule has 0 aliphatic heterocycles. The summed E-state index contributed by atoms with van der Waals surface area (Å²) in [7, 11) is 1.61. The molecule has 1 unspecified atom stereocenters. The summed E-state index contributed by atoms with van der Waals surface area (Å²) in [6.07, 6.45) is 0.988. The number of hydrogen-bond donors (Lipinski definition) is 1. The average Bonchev–Trinajstić information content (AvgIpc) is 2.25. The Morgan fingerprint density at radius 2 is 2.20 bits per heavy atom. The molecule has 0 aliphatic carbocycles. The highest BCUT2D eigenvalue weighted by molar-refractivity contribution is 6.17. The van der Waals surface area contributed by atoms with Gasteiger partial charge in [0.25, 0.3) is 0 Å². The Morgan fingerprint density at radius 3 is 2.80 bits per heavy atom. The summed E-state index contributed by atoms with van der Waals surface area (Å²) < 4.78 is 5.21. The Morgan fingerprint density at radius 1 is 1.47 bits per heavy atom. The van der Waals surface area contributed by atoms with E-state index in [9.17, 15) is 5.11 Å². The van der Waals surface area contributed by atoms with Crippen molar-refractivity contribution in [1.29, 1.82) is 0 Å². The number of rotatable bonds is 5. The first kappa shape index (κ1) is 12.3. The van der Waals surface area contributed by atoms with Crippen LogP contribution in [0.1, 0.15) is 30.1 Å². The zero-order chi connectivity index (χ0) is 11.3. The van der Waals surface area contributed by atoms with Crippen LogP contribution >= 0.6 is 11.6 Å². The maximum Gasteiger partial charge on any atom is 0.124 e. The molecule has 0 saturated carbocycles. The van der Waals surface area contributed by atoms with E-state index in [2.05, 4.69) is 0 Å². The fourth-order valence-corrected chi connectivity index (χ4v) is 1.69. The Kier molecular flexibility index (Phi) is 4.92. The lowest BCUT2D eigenvalue weighted by atomic mass is 10.0. The fourth-order valence-electron chi connectivity index (χ4n) is 1.54. The standard InChI is InChI=1S/C12H17ClO2/c1-9-5-6-12(15-2)10(8-9)11(14)4-3-7-13/h5-6,8,11,14H,3-4,7H2,1-2H3. The number of hydrogen-bond acceptors (Lipinski definition) is 2. The van der Waals surface area contributed by atoms with Gasteiger partial charge in [0.2, 0.25) is 0 Å². The van der Waals surface area contributed by atoms with E-state index in [0.29, 0.717) is 12.3 Å². The van der Waals surface area contributed by atoms with Gasteiger partial charge in [0.15, 0.2) is 0 Å². The van der Waals surface area contributed by atoms with Crippen LogP contribution in [-0.4, -0.2) is 18.1 Å². The van der Waals surface area contributed by atoms with Crippen LogP contribution in [0.15, 0.2) is 18.2 Å². The molecular formula is C12H17ClO2. The summed E-state index contributed by atoms with van der Waals surface area (Å²) in [5.74, 6) is 1.31. The lowest BCUT2D eigenvalue weighted by Crippen LogP contribution is -2.01. The van der Waals surface area contributed by atoms with Crippen molar-refractivity contribution in [2.45, 2.75) is 25.9 Å². The molecule has 0 radical (unpaired) electrons. The van der Waals surface area contributed by atoms with Gasteiger partial charge in [-0.3, -0.25) is 0 Å². The van der Waals surface area contributed by atoms with E-state index in [-0.39, 0.29) is 0 Å². The van der Waals surface area contributed by atoms with E-state index in [4.69, 9.17) is 16.3 Å². The molecule has 0 bridgehead atoms. The minimum atomic E-state index is -0.487. The largest absolute Gasteiger partial charge is 0.496 e. The number of aliphatic hydroxyl groups is 1. The van der Waals surface area contributed by atoms with E-state index < -0.39 is 6.10 Å². The third-order valence-corrected chi connectivity index (χ3v) is 2.62. The van der Waals surface area contributed by atoms with Crippen molar-refractivity contribution in [1.82, 2.24) is 0 Å². The molecule has 0 heterocycles. The van der Waals surface area contributed by atoms with Gasteiger partial charge < -0.3 is 9.84 Å². The van der Waals surface area contributed by atoms with E-state index in [1.54, 1.807) is 7.11 Å². The molecule has 1 aromatic rings. The molecule has 0 amide bonds. The van der Waals surface area contributed by atoms with Crippen LogP contribution in [0.25, 0.3) is 0 Å². The van der Waals surface area contributed by atoms with Crippen molar-refractivity contribution in [3.8, 4) is 5.75 Å². The Hall–Kier alpha value is -0.730. The van der Waals surface area contributed by atoms with Crippen LogP contribution in [0.3, 0.4) is 0 Å².